The van der Waals surface area contributed by atoms with E-state index in [4.69, 9.17) is 0 Å². The number of hydrogen-bond acceptors (Lipinski definition) is 4. The van der Waals surface area contributed by atoms with Crippen molar-refractivity contribution < 1.29 is 4.79 Å². The summed E-state index contributed by atoms with van der Waals surface area (Å²) < 4.78 is 3.12. The zero-order chi connectivity index (χ0) is 22.1. The molecule has 0 unspecified atom stereocenters. The third kappa shape index (κ3) is 3.75. The molecule has 8 heteroatoms. The molecule has 5 rings (SSSR count). The van der Waals surface area contributed by atoms with Gasteiger partial charge in [0.25, 0.3) is 11.5 Å². The molecule has 2 aromatic heterocycles. The van der Waals surface area contributed by atoms with Crippen LogP contribution in [0.4, 0.5) is 0 Å². The summed E-state index contributed by atoms with van der Waals surface area (Å²) in [6, 6.07) is 20.1. The molecule has 3 heterocycles. The van der Waals surface area contributed by atoms with Gasteiger partial charge in [-0.3, -0.25) is 14.2 Å². The van der Waals surface area contributed by atoms with Gasteiger partial charge in [-0.15, -0.1) is 0 Å². The molecule has 8 nitrogen and oxygen atoms in total. The summed E-state index contributed by atoms with van der Waals surface area (Å²) in [5.41, 5.74) is 2.53. The van der Waals surface area contributed by atoms with Crippen molar-refractivity contribution in [2.24, 2.45) is 0 Å². The van der Waals surface area contributed by atoms with Crippen molar-refractivity contribution in [3.8, 4) is 0 Å². The lowest BCUT2D eigenvalue weighted by atomic mass is 10.0. The first-order valence-corrected chi connectivity index (χ1v) is 10.7. The Kier molecular flexibility index (Phi) is 5.18. The summed E-state index contributed by atoms with van der Waals surface area (Å²) in [7, 11) is 0. The quantitative estimate of drug-likeness (QED) is 0.539. The number of fused-ring (bicyclic) bond motifs is 1. The Labute approximate surface area is 183 Å². The lowest BCUT2D eigenvalue weighted by Crippen LogP contribution is -2.41. The number of piperidine rings is 1. The van der Waals surface area contributed by atoms with Gasteiger partial charge < -0.3 is 9.88 Å². The van der Waals surface area contributed by atoms with Crippen molar-refractivity contribution in [3.63, 3.8) is 0 Å². The van der Waals surface area contributed by atoms with Gasteiger partial charge >= 0.3 is 5.69 Å². The van der Waals surface area contributed by atoms with Crippen molar-refractivity contribution in [3.05, 3.63) is 98.8 Å². The van der Waals surface area contributed by atoms with E-state index in [0.717, 1.165) is 16.6 Å². The van der Waals surface area contributed by atoms with Crippen molar-refractivity contribution in [2.75, 3.05) is 13.1 Å². The number of para-hydroxylation sites is 2. The zero-order valence-corrected chi connectivity index (χ0v) is 17.5. The first-order chi connectivity index (χ1) is 15.6. The van der Waals surface area contributed by atoms with Crippen LogP contribution in [0.15, 0.2) is 76.3 Å². The second-order valence-electron chi connectivity index (χ2n) is 8.04. The molecule has 0 radical (unpaired) electrons. The standard InChI is InChI=1S/C24H23N5O3/c30-22-11-10-20(26-28(22)16-17-6-2-1-3-7-17)23(31)27-14-12-18(13-15-27)29-21-9-5-4-8-19(21)25-24(29)32/h1-11,18H,12-16H2,(H,25,32). The third-order valence-corrected chi connectivity index (χ3v) is 6.00. The lowest BCUT2D eigenvalue weighted by molar-refractivity contribution is 0.0686. The molecule has 1 aliphatic rings. The molecule has 1 saturated heterocycles. The molecule has 0 bridgehead atoms. The van der Waals surface area contributed by atoms with Crippen LogP contribution in [0.2, 0.25) is 0 Å². The second kappa shape index (κ2) is 8.30. The fourth-order valence-electron chi connectivity index (χ4n) is 4.36. The number of amides is 1. The van der Waals surface area contributed by atoms with E-state index in [1.54, 1.807) is 9.47 Å². The molecule has 1 fully saturated rings. The summed E-state index contributed by atoms with van der Waals surface area (Å²) >= 11 is 0. The zero-order valence-electron chi connectivity index (χ0n) is 17.5. The number of aromatic nitrogens is 4. The van der Waals surface area contributed by atoms with Gasteiger partial charge in [-0.25, -0.2) is 9.48 Å². The van der Waals surface area contributed by atoms with Gasteiger partial charge in [-0.05, 0) is 36.6 Å². The fourth-order valence-corrected chi connectivity index (χ4v) is 4.36. The van der Waals surface area contributed by atoms with E-state index in [1.165, 1.54) is 16.8 Å². The van der Waals surface area contributed by atoms with Crippen LogP contribution in [0.5, 0.6) is 0 Å². The monoisotopic (exact) mass is 429 g/mol. The Morgan fingerprint density at radius 2 is 1.66 bits per heavy atom. The molecule has 0 saturated carbocycles. The summed E-state index contributed by atoms with van der Waals surface area (Å²) in [6.45, 7) is 1.36. The van der Waals surface area contributed by atoms with Gasteiger partial charge in [-0.2, -0.15) is 5.10 Å². The summed E-state index contributed by atoms with van der Waals surface area (Å²) in [6.07, 6.45) is 1.36. The van der Waals surface area contributed by atoms with Crippen LogP contribution in [-0.4, -0.2) is 43.2 Å². The highest BCUT2D eigenvalue weighted by molar-refractivity contribution is 5.92. The van der Waals surface area contributed by atoms with E-state index in [-0.39, 0.29) is 28.9 Å². The van der Waals surface area contributed by atoms with Crippen molar-refractivity contribution in [1.82, 2.24) is 24.2 Å². The number of likely N-dealkylation sites (tertiary alicyclic amines) is 1. The van der Waals surface area contributed by atoms with E-state index in [1.807, 2.05) is 54.6 Å². The number of carbonyl (C=O) groups excluding carboxylic acids is 1. The van der Waals surface area contributed by atoms with E-state index in [0.29, 0.717) is 32.5 Å². The summed E-state index contributed by atoms with van der Waals surface area (Å²) in [4.78, 5) is 42.4. The summed E-state index contributed by atoms with van der Waals surface area (Å²) in [5, 5.41) is 4.32. The Bertz CT molecular complexity index is 1380. The second-order valence-corrected chi connectivity index (χ2v) is 8.04. The van der Waals surface area contributed by atoms with Gasteiger partial charge in [-0.1, -0.05) is 42.5 Å². The molecule has 0 spiro atoms. The van der Waals surface area contributed by atoms with Crippen LogP contribution in [0.3, 0.4) is 0 Å². The highest BCUT2D eigenvalue weighted by atomic mass is 16.2. The molecular weight excluding hydrogens is 406 g/mol. The average Bonchev–Trinajstić information content (AvgIpc) is 3.16. The van der Waals surface area contributed by atoms with Crippen molar-refractivity contribution >= 4 is 16.9 Å². The molecule has 0 aliphatic carbocycles. The Morgan fingerprint density at radius 1 is 0.938 bits per heavy atom. The van der Waals surface area contributed by atoms with E-state index >= 15 is 0 Å². The average molecular weight is 429 g/mol. The minimum absolute atomic E-state index is 0.0303. The van der Waals surface area contributed by atoms with Gasteiger partial charge in [0.1, 0.15) is 5.69 Å². The number of nitrogens with one attached hydrogen (secondary N) is 1. The van der Waals surface area contributed by atoms with Gasteiger partial charge in [0.15, 0.2) is 0 Å². The number of imidazole rings is 1. The van der Waals surface area contributed by atoms with Crippen LogP contribution >= 0.6 is 0 Å². The number of nitrogens with zero attached hydrogens (tertiary/aromatic N) is 4. The highest BCUT2D eigenvalue weighted by Crippen LogP contribution is 2.25. The van der Waals surface area contributed by atoms with Crippen LogP contribution < -0.4 is 11.2 Å². The van der Waals surface area contributed by atoms with Crippen LogP contribution in [0.25, 0.3) is 11.0 Å². The van der Waals surface area contributed by atoms with E-state index in [9.17, 15) is 14.4 Å². The molecule has 1 N–H and O–H groups in total. The Hall–Kier alpha value is -3.94. The Balaban J connectivity index is 1.31. The van der Waals surface area contributed by atoms with Gasteiger partial charge in [0, 0.05) is 25.2 Å². The number of aromatic amines is 1. The van der Waals surface area contributed by atoms with E-state index in [2.05, 4.69) is 10.1 Å². The third-order valence-electron chi connectivity index (χ3n) is 6.00. The number of carbonyl (C=O) groups is 1. The molecular formula is C24H23N5O3. The minimum Gasteiger partial charge on any atom is -0.337 e. The smallest absolute Gasteiger partial charge is 0.326 e. The maximum Gasteiger partial charge on any atom is 0.326 e. The SMILES string of the molecule is O=C(c1ccc(=O)n(Cc2ccccc2)n1)N1CCC(n2c(=O)[nH]c3ccccc32)CC1. The van der Waals surface area contributed by atoms with E-state index < -0.39 is 0 Å². The molecule has 162 valence electrons. The maximum atomic E-state index is 13.1. The number of hydrogen-bond donors (Lipinski definition) is 1. The molecule has 1 aliphatic heterocycles. The van der Waals surface area contributed by atoms with Crippen molar-refractivity contribution in [1.29, 1.82) is 0 Å². The van der Waals surface area contributed by atoms with Crippen molar-refractivity contribution in [2.45, 2.75) is 25.4 Å². The lowest BCUT2D eigenvalue weighted by Gasteiger charge is -2.32. The normalized spacial score (nSPS) is 14.7. The number of H-pyrrole nitrogens is 1. The first kappa shape index (κ1) is 20.0. The topological polar surface area (TPSA) is 93.0 Å². The number of benzene rings is 2. The summed E-state index contributed by atoms with van der Waals surface area (Å²) in [5.74, 6) is -0.198. The van der Waals surface area contributed by atoms with Crippen LogP contribution in [0, 0.1) is 0 Å². The molecule has 4 aromatic rings. The number of rotatable bonds is 4. The molecule has 1 amide bonds. The predicted octanol–water partition coefficient (Wildman–Crippen LogP) is 2.41. The predicted molar refractivity (Wildman–Crippen MR) is 121 cm³/mol. The first-order valence-electron chi connectivity index (χ1n) is 10.7. The minimum atomic E-state index is -0.247. The molecule has 0 atom stereocenters. The van der Waals surface area contributed by atoms with Gasteiger partial charge in [0.2, 0.25) is 0 Å². The fraction of sp³-hybridized carbons (Fsp3) is 0.250. The Morgan fingerprint density at radius 3 is 2.44 bits per heavy atom. The van der Waals surface area contributed by atoms with Crippen LogP contribution in [0.1, 0.15) is 34.9 Å². The molecule has 2 aromatic carbocycles. The van der Waals surface area contributed by atoms with Gasteiger partial charge in [0.05, 0.1) is 17.6 Å². The maximum absolute atomic E-state index is 13.1. The highest BCUT2D eigenvalue weighted by Gasteiger charge is 2.27. The molecule has 32 heavy (non-hydrogen) atoms. The largest absolute Gasteiger partial charge is 0.337 e. The van der Waals surface area contributed by atoms with Crippen LogP contribution in [-0.2, 0) is 6.54 Å².